The lowest BCUT2D eigenvalue weighted by atomic mass is 10.1. The molecule has 7 nitrogen and oxygen atoms in total. The number of fused-ring (bicyclic) bond motifs is 1. The van der Waals surface area contributed by atoms with Gasteiger partial charge in [-0.25, -0.2) is 9.78 Å². The molecule has 0 unspecified atom stereocenters. The van der Waals surface area contributed by atoms with Gasteiger partial charge >= 0.3 is 5.97 Å². The molecule has 23 heavy (non-hydrogen) atoms. The van der Waals surface area contributed by atoms with Gasteiger partial charge in [0.05, 0.1) is 25.1 Å². The van der Waals surface area contributed by atoms with Gasteiger partial charge in [-0.1, -0.05) is 0 Å². The van der Waals surface area contributed by atoms with E-state index in [1.165, 1.54) is 10.8 Å². The molecule has 0 aromatic carbocycles. The number of nitrogens with two attached hydrogens (primary N) is 1. The predicted molar refractivity (Wildman–Crippen MR) is 84.2 cm³/mol. The van der Waals surface area contributed by atoms with E-state index >= 15 is 0 Å². The quantitative estimate of drug-likeness (QED) is 0.737. The van der Waals surface area contributed by atoms with E-state index < -0.39 is 11.5 Å². The maximum absolute atomic E-state index is 12.7. The third-order valence-corrected chi connectivity index (χ3v) is 3.43. The molecular weight excluding hydrogens is 298 g/mol. The van der Waals surface area contributed by atoms with Gasteiger partial charge in [-0.2, -0.15) is 0 Å². The lowest BCUT2D eigenvalue weighted by molar-refractivity contribution is 0.0525. The molecule has 0 radical (unpaired) electrons. The van der Waals surface area contributed by atoms with Crippen molar-refractivity contribution in [2.45, 2.75) is 13.5 Å². The fourth-order valence-corrected chi connectivity index (χ4v) is 2.41. The maximum Gasteiger partial charge on any atom is 0.345 e. The summed E-state index contributed by atoms with van der Waals surface area (Å²) in [5.74, 6) is -0.174. The Hall–Kier alpha value is -3.09. The first-order valence-electron chi connectivity index (χ1n) is 7.10. The number of ether oxygens (including phenoxy) is 1. The summed E-state index contributed by atoms with van der Waals surface area (Å²) in [6, 6.07) is 6.86. The van der Waals surface area contributed by atoms with Crippen LogP contribution in [0.25, 0.3) is 11.0 Å². The van der Waals surface area contributed by atoms with Crippen LogP contribution in [0.4, 0.5) is 5.69 Å². The highest BCUT2D eigenvalue weighted by Gasteiger charge is 2.22. The molecule has 2 N–H and O–H groups in total. The predicted octanol–water partition coefficient (Wildman–Crippen LogP) is 1.80. The van der Waals surface area contributed by atoms with Crippen molar-refractivity contribution in [3.05, 3.63) is 58.4 Å². The first-order valence-corrected chi connectivity index (χ1v) is 7.10. The van der Waals surface area contributed by atoms with Gasteiger partial charge in [-0.05, 0) is 31.2 Å². The summed E-state index contributed by atoms with van der Waals surface area (Å²) >= 11 is 0. The number of anilines is 1. The maximum atomic E-state index is 12.7. The van der Waals surface area contributed by atoms with Crippen molar-refractivity contribution in [3.63, 3.8) is 0 Å². The minimum absolute atomic E-state index is 0.0762. The Bertz CT molecular complexity index is 913. The number of hydrogen-bond donors (Lipinski definition) is 1. The van der Waals surface area contributed by atoms with Crippen LogP contribution in [-0.4, -0.2) is 22.1 Å². The Labute approximate surface area is 131 Å². The molecule has 0 bridgehead atoms. The van der Waals surface area contributed by atoms with Crippen LogP contribution in [0.5, 0.6) is 0 Å². The fourth-order valence-electron chi connectivity index (χ4n) is 2.41. The Morgan fingerprint density at radius 3 is 2.91 bits per heavy atom. The van der Waals surface area contributed by atoms with Crippen molar-refractivity contribution in [1.82, 2.24) is 9.55 Å². The number of carbonyl (C=O) groups excluding carboxylic acids is 1. The fraction of sp³-hybridized carbons (Fsp3) is 0.188. The van der Waals surface area contributed by atoms with E-state index in [4.69, 9.17) is 14.9 Å². The van der Waals surface area contributed by atoms with E-state index in [1.54, 1.807) is 37.4 Å². The number of rotatable bonds is 4. The molecule has 0 atom stereocenters. The smallest absolute Gasteiger partial charge is 0.345 e. The van der Waals surface area contributed by atoms with Gasteiger partial charge in [-0.15, -0.1) is 0 Å². The van der Waals surface area contributed by atoms with E-state index in [0.717, 1.165) is 0 Å². The molecule has 3 heterocycles. The van der Waals surface area contributed by atoms with Crippen molar-refractivity contribution in [3.8, 4) is 0 Å². The first-order chi connectivity index (χ1) is 11.1. The highest BCUT2D eigenvalue weighted by atomic mass is 16.5. The Kier molecular flexibility index (Phi) is 3.84. The van der Waals surface area contributed by atoms with E-state index in [-0.39, 0.29) is 24.4 Å². The van der Waals surface area contributed by atoms with Gasteiger partial charge < -0.3 is 14.9 Å². The normalized spacial score (nSPS) is 10.8. The van der Waals surface area contributed by atoms with Crippen LogP contribution in [0.15, 0.2) is 45.9 Å². The van der Waals surface area contributed by atoms with Gasteiger partial charge in [0.15, 0.2) is 0 Å². The van der Waals surface area contributed by atoms with Crippen molar-refractivity contribution >= 4 is 22.7 Å². The second kappa shape index (κ2) is 5.96. The number of aromatic nitrogens is 2. The molecule has 0 aliphatic rings. The van der Waals surface area contributed by atoms with E-state index in [9.17, 15) is 9.59 Å². The molecule has 0 spiro atoms. The molecule has 3 rings (SSSR count). The standard InChI is InChI=1S/C16H15N3O4/c1-2-22-16(21)12-13(17)11-6-3-7-18-14(11)19(15(12)20)9-10-5-4-8-23-10/h3-8H,2,9,17H2,1H3. The summed E-state index contributed by atoms with van der Waals surface area (Å²) in [6.45, 7) is 1.96. The summed E-state index contributed by atoms with van der Waals surface area (Å²) < 4.78 is 11.6. The first kappa shape index (κ1) is 14.8. The van der Waals surface area contributed by atoms with Gasteiger partial charge in [-0.3, -0.25) is 9.36 Å². The van der Waals surface area contributed by atoms with E-state index in [1.807, 2.05) is 0 Å². The van der Waals surface area contributed by atoms with E-state index in [0.29, 0.717) is 16.8 Å². The van der Waals surface area contributed by atoms with Gasteiger partial charge in [0.2, 0.25) is 0 Å². The monoisotopic (exact) mass is 313 g/mol. The molecule has 0 saturated carbocycles. The topological polar surface area (TPSA) is 100 Å². The number of nitrogens with zero attached hydrogens (tertiary/aromatic N) is 2. The molecule has 0 aliphatic heterocycles. The van der Waals surface area contributed by atoms with Crippen molar-refractivity contribution in [1.29, 1.82) is 0 Å². The van der Waals surface area contributed by atoms with Crippen LogP contribution in [0.1, 0.15) is 23.0 Å². The van der Waals surface area contributed by atoms with Gasteiger partial charge in [0.25, 0.3) is 5.56 Å². The highest BCUT2D eigenvalue weighted by molar-refractivity contribution is 6.03. The summed E-state index contributed by atoms with van der Waals surface area (Å²) in [4.78, 5) is 29.1. The molecule has 0 saturated heterocycles. The summed E-state index contributed by atoms with van der Waals surface area (Å²) in [6.07, 6.45) is 3.07. The second-order valence-electron chi connectivity index (χ2n) is 4.85. The highest BCUT2D eigenvalue weighted by Crippen LogP contribution is 2.22. The molecule has 0 amide bonds. The SMILES string of the molecule is CCOC(=O)c1c(N)c2cccnc2n(Cc2ccco2)c1=O. The minimum atomic E-state index is -0.742. The molecular formula is C16H15N3O4. The lowest BCUT2D eigenvalue weighted by Crippen LogP contribution is -2.30. The van der Waals surface area contributed by atoms with Crippen molar-refractivity contribution in [2.75, 3.05) is 12.3 Å². The molecule has 3 aromatic rings. The third kappa shape index (κ3) is 2.57. The number of furan rings is 1. The molecule has 0 aliphatic carbocycles. The van der Waals surface area contributed by atoms with Crippen LogP contribution < -0.4 is 11.3 Å². The second-order valence-corrected chi connectivity index (χ2v) is 4.85. The number of nitrogen functional groups attached to an aromatic ring is 1. The van der Waals surface area contributed by atoms with Crippen molar-refractivity contribution < 1.29 is 13.9 Å². The van der Waals surface area contributed by atoms with E-state index in [2.05, 4.69) is 4.98 Å². The van der Waals surface area contributed by atoms with Crippen LogP contribution >= 0.6 is 0 Å². The number of hydrogen-bond acceptors (Lipinski definition) is 6. The van der Waals surface area contributed by atoms with Gasteiger partial charge in [0, 0.05) is 11.6 Å². The molecule has 7 heteroatoms. The van der Waals surface area contributed by atoms with Crippen LogP contribution in [0.3, 0.4) is 0 Å². The zero-order chi connectivity index (χ0) is 16.4. The zero-order valence-corrected chi connectivity index (χ0v) is 12.5. The van der Waals surface area contributed by atoms with Crippen LogP contribution in [-0.2, 0) is 11.3 Å². The Morgan fingerprint density at radius 2 is 2.22 bits per heavy atom. The Morgan fingerprint density at radius 1 is 1.39 bits per heavy atom. The largest absolute Gasteiger partial charge is 0.467 e. The summed E-state index contributed by atoms with van der Waals surface area (Å²) in [7, 11) is 0. The molecule has 118 valence electrons. The Balaban J connectivity index is 2.28. The summed E-state index contributed by atoms with van der Waals surface area (Å²) in [5, 5.41) is 0.515. The molecule has 3 aromatic heterocycles. The lowest BCUT2D eigenvalue weighted by Gasteiger charge is -2.13. The zero-order valence-electron chi connectivity index (χ0n) is 12.5. The minimum Gasteiger partial charge on any atom is -0.467 e. The molecule has 0 fully saturated rings. The van der Waals surface area contributed by atoms with Gasteiger partial charge in [0.1, 0.15) is 17.0 Å². The number of esters is 1. The number of pyridine rings is 2. The van der Waals surface area contributed by atoms with Crippen molar-refractivity contribution in [2.24, 2.45) is 0 Å². The van der Waals surface area contributed by atoms with Crippen LogP contribution in [0.2, 0.25) is 0 Å². The number of carbonyl (C=O) groups is 1. The van der Waals surface area contributed by atoms with Crippen LogP contribution in [0, 0.1) is 0 Å². The average molecular weight is 313 g/mol. The third-order valence-electron chi connectivity index (χ3n) is 3.43. The average Bonchev–Trinajstić information content (AvgIpc) is 3.05. The summed E-state index contributed by atoms with van der Waals surface area (Å²) in [5.41, 5.74) is 5.75.